The molecule has 27 heavy (non-hydrogen) atoms. The second kappa shape index (κ2) is 11.0. The lowest BCUT2D eigenvalue weighted by molar-refractivity contribution is -0.121. The zero-order chi connectivity index (χ0) is 19.7. The van der Waals surface area contributed by atoms with Gasteiger partial charge in [-0.25, -0.2) is 8.42 Å². The number of para-hydroxylation sites is 1. The Labute approximate surface area is 168 Å². The van der Waals surface area contributed by atoms with Crippen LogP contribution in [-0.2, 0) is 14.8 Å². The standard InChI is InChI=1S/C20H32N2O3S2/c1-17-9-6-7-12-19(17)22(27(2,24)25)15-8-13-20(23)21-14-16-26-18-10-4-3-5-11-18/h6-7,9,12,18H,3-5,8,10-11,13-16H2,1-2H3,(H,21,23). The van der Waals surface area contributed by atoms with Gasteiger partial charge in [0.1, 0.15) is 0 Å². The monoisotopic (exact) mass is 412 g/mol. The Balaban J connectivity index is 1.71. The summed E-state index contributed by atoms with van der Waals surface area (Å²) in [6.07, 6.45) is 8.69. The highest BCUT2D eigenvalue weighted by Gasteiger charge is 2.19. The summed E-state index contributed by atoms with van der Waals surface area (Å²) in [5.41, 5.74) is 1.59. The number of anilines is 1. The zero-order valence-corrected chi connectivity index (χ0v) is 18.1. The van der Waals surface area contributed by atoms with Gasteiger partial charge >= 0.3 is 0 Å². The van der Waals surface area contributed by atoms with Crippen LogP contribution < -0.4 is 9.62 Å². The molecule has 2 rings (SSSR count). The van der Waals surface area contributed by atoms with Crippen LogP contribution in [-0.4, -0.2) is 44.7 Å². The molecule has 0 radical (unpaired) electrons. The van der Waals surface area contributed by atoms with Gasteiger partial charge in [0, 0.05) is 30.5 Å². The second-order valence-electron chi connectivity index (χ2n) is 7.21. The van der Waals surface area contributed by atoms with Crippen LogP contribution in [0.1, 0.15) is 50.5 Å². The topological polar surface area (TPSA) is 66.5 Å². The third-order valence-electron chi connectivity index (χ3n) is 4.88. The second-order valence-corrected chi connectivity index (χ2v) is 10.5. The molecule has 1 aromatic carbocycles. The molecule has 1 amide bonds. The fourth-order valence-electron chi connectivity index (χ4n) is 3.43. The molecule has 0 unspecified atom stereocenters. The smallest absolute Gasteiger partial charge is 0.232 e. The van der Waals surface area contributed by atoms with Gasteiger partial charge < -0.3 is 5.32 Å². The Kier molecular flexibility index (Phi) is 8.96. The van der Waals surface area contributed by atoms with Crippen LogP contribution in [0.5, 0.6) is 0 Å². The van der Waals surface area contributed by atoms with Crippen molar-refractivity contribution in [1.29, 1.82) is 0 Å². The van der Waals surface area contributed by atoms with Crippen LogP contribution in [0.3, 0.4) is 0 Å². The summed E-state index contributed by atoms with van der Waals surface area (Å²) < 4.78 is 25.7. The van der Waals surface area contributed by atoms with Crippen molar-refractivity contribution in [2.75, 3.05) is 29.4 Å². The third kappa shape index (κ3) is 7.74. The van der Waals surface area contributed by atoms with E-state index < -0.39 is 10.0 Å². The van der Waals surface area contributed by atoms with Crippen molar-refractivity contribution in [2.24, 2.45) is 0 Å². The van der Waals surface area contributed by atoms with Gasteiger partial charge in [-0.2, -0.15) is 11.8 Å². The number of benzene rings is 1. The maximum absolute atomic E-state index is 12.1. The highest BCUT2D eigenvalue weighted by Crippen LogP contribution is 2.27. The molecule has 5 nitrogen and oxygen atoms in total. The predicted molar refractivity (Wildman–Crippen MR) is 115 cm³/mol. The number of hydrogen-bond donors (Lipinski definition) is 1. The van der Waals surface area contributed by atoms with Crippen molar-refractivity contribution in [2.45, 2.75) is 57.1 Å². The van der Waals surface area contributed by atoms with E-state index >= 15 is 0 Å². The van der Waals surface area contributed by atoms with Gasteiger partial charge in [0.05, 0.1) is 11.9 Å². The number of aryl methyl sites for hydroxylation is 1. The van der Waals surface area contributed by atoms with Crippen LogP contribution >= 0.6 is 11.8 Å². The first-order chi connectivity index (χ1) is 12.9. The van der Waals surface area contributed by atoms with E-state index in [9.17, 15) is 13.2 Å². The van der Waals surface area contributed by atoms with Crippen LogP contribution in [0, 0.1) is 6.92 Å². The molecule has 0 atom stereocenters. The van der Waals surface area contributed by atoms with Crippen molar-refractivity contribution in [3.8, 4) is 0 Å². The SMILES string of the molecule is Cc1ccccc1N(CCCC(=O)NCCSC1CCCCC1)S(C)(=O)=O. The van der Waals surface area contributed by atoms with Gasteiger partial charge in [0.15, 0.2) is 0 Å². The maximum Gasteiger partial charge on any atom is 0.232 e. The third-order valence-corrected chi connectivity index (χ3v) is 7.44. The highest BCUT2D eigenvalue weighted by molar-refractivity contribution is 7.99. The molecule has 152 valence electrons. The number of rotatable bonds is 10. The van der Waals surface area contributed by atoms with E-state index in [1.807, 2.05) is 36.9 Å². The lowest BCUT2D eigenvalue weighted by Crippen LogP contribution is -2.33. The normalized spacial score (nSPS) is 15.5. The molecule has 0 spiro atoms. The highest BCUT2D eigenvalue weighted by atomic mass is 32.2. The average Bonchev–Trinajstić information content (AvgIpc) is 2.63. The fraction of sp³-hybridized carbons (Fsp3) is 0.650. The number of amides is 1. The molecule has 1 aliphatic carbocycles. The molecular formula is C20H32N2O3S2. The van der Waals surface area contributed by atoms with E-state index in [1.54, 1.807) is 6.07 Å². The molecular weight excluding hydrogens is 380 g/mol. The first kappa shape index (κ1) is 22.1. The largest absolute Gasteiger partial charge is 0.355 e. The lowest BCUT2D eigenvalue weighted by Gasteiger charge is -2.24. The van der Waals surface area contributed by atoms with Crippen LogP contribution in [0.4, 0.5) is 5.69 Å². The minimum atomic E-state index is -3.37. The van der Waals surface area contributed by atoms with Gasteiger partial charge in [0.2, 0.25) is 15.9 Å². The summed E-state index contributed by atoms with van der Waals surface area (Å²) in [6.45, 7) is 2.89. The van der Waals surface area contributed by atoms with Crippen molar-refractivity contribution >= 4 is 33.4 Å². The molecule has 1 aromatic rings. The Morgan fingerprint density at radius 3 is 2.59 bits per heavy atom. The fourth-order valence-corrected chi connectivity index (χ4v) is 5.67. The quantitative estimate of drug-likeness (QED) is 0.595. The summed E-state index contributed by atoms with van der Waals surface area (Å²) in [6, 6.07) is 7.42. The first-order valence-electron chi connectivity index (χ1n) is 9.79. The van der Waals surface area contributed by atoms with Gasteiger partial charge in [-0.3, -0.25) is 9.10 Å². The van der Waals surface area contributed by atoms with E-state index in [1.165, 1.54) is 42.7 Å². The summed E-state index contributed by atoms with van der Waals surface area (Å²) in [4.78, 5) is 12.0. The predicted octanol–water partition coefficient (Wildman–Crippen LogP) is 3.72. The first-order valence-corrected chi connectivity index (χ1v) is 12.7. The number of nitrogens with zero attached hydrogens (tertiary/aromatic N) is 1. The molecule has 1 aliphatic rings. The minimum absolute atomic E-state index is 0.00233. The molecule has 0 bridgehead atoms. The van der Waals surface area contributed by atoms with Gasteiger partial charge in [-0.15, -0.1) is 0 Å². The number of thioether (sulfide) groups is 1. The molecule has 0 heterocycles. The molecule has 1 saturated carbocycles. The maximum atomic E-state index is 12.1. The molecule has 1 N–H and O–H groups in total. The molecule has 7 heteroatoms. The molecule has 0 aliphatic heterocycles. The molecule has 1 fully saturated rings. The Morgan fingerprint density at radius 2 is 1.93 bits per heavy atom. The Hall–Kier alpha value is -1.21. The van der Waals surface area contributed by atoms with Crippen molar-refractivity contribution in [3.05, 3.63) is 29.8 Å². The number of nitrogens with one attached hydrogen (secondary N) is 1. The summed E-state index contributed by atoms with van der Waals surface area (Å²) in [7, 11) is -3.37. The van der Waals surface area contributed by atoms with E-state index in [2.05, 4.69) is 5.32 Å². The van der Waals surface area contributed by atoms with Crippen LogP contribution in [0.2, 0.25) is 0 Å². The minimum Gasteiger partial charge on any atom is -0.355 e. The Bertz CT molecular complexity index is 701. The van der Waals surface area contributed by atoms with E-state index in [0.717, 1.165) is 16.6 Å². The Morgan fingerprint density at radius 1 is 1.22 bits per heavy atom. The summed E-state index contributed by atoms with van der Waals surface area (Å²) in [5, 5.41) is 3.72. The zero-order valence-electron chi connectivity index (χ0n) is 16.4. The molecule has 0 saturated heterocycles. The van der Waals surface area contributed by atoms with E-state index in [0.29, 0.717) is 31.6 Å². The van der Waals surface area contributed by atoms with Crippen LogP contribution in [0.25, 0.3) is 0 Å². The number of carbonyl (C=O) groups excluding carboxylic acids is 1. The summed E-state index contributed by atoms with van der Waals surface area (Å²) in [5.74, 6) is 0.951. The van der Waals surface area contributed by atoms with Gasteiger partial charge in [0.25, 0.3) is 0 Å². The summed E-state index contributed by atoms with van der Waals surface area (Å²) >= 11 is 1.97. The number of hydrogen-bond acceptors (Lipinski definition) is 4. The average molecular weight is 413 g/mol. The molecule has 0 aromatic heterocycles. The number of carbonyl (C=O) groups is 1. The lowest BCUT2D eigenvalue weighted by atomic mass is 10.0. The van der Waals surface area contributed by atoms with Gasteiger partial charge in [-0.05, 0) is 37.8 Å². The van der Waals surface area contributed by atoms with Crippen molar-refractivity contribution < 1.29 is 13.2 Å². The number of sulfonamides is 1. The van der Waals surface area contributed by atoms with Crippen LogP contribution in [0.15, 0.2) is 24.3 Å². The van der Waals surface area contributed by atoms with E-state index in [-0.39, 0.29) is 5.91 Å². The van der Waals surface area contributed by atoms with Crippen molar-refractivity contribution in [1.82, 2.24) is 5.32 Å². The van der Waals surface area contributed by atoms with Crippen molar-refractivity contribution in [3.63, 3.8) is 0 Å². The van der Waals surface area contributed by atoms with E-state index in [4.69, 9.17) is 0 Å². The van der Waals surface area contributed by atoms with Gasteiger partial charge in [-0.1, -0.05) is 37.5 Å².